The highest BCUT2D eigenvalue weighted by atomic mass is 19.1. The molecule has 0 aliphatic rings. The van der Waals surface area contributed by atoms with Gasteiger partial charge in [0.25, 0.3) is 5.91 Å². The van der Waals surface area contributed by atoms with Crippen LogP contribution in [0.2, 0.25) is 0 Å². The lowest BCUT2D eigenvalue weighted by atomic mass is 10.1. The maximum atomic E-state index is 12.9. The van der Waals surface area contributed by atoms with E-state index in [1.165, 1.54) is 24.3 Å². The minimum Gasteiger partial charge on any atom is -0.490 e. The van der Waals surface area contributed by atoms with Gasteiger partial charge in [-0.2, -0.15) is 0 Å². The normalized spacial score (nSPS) is 10.2. The van der Waals surface area contributed by atoms with Crippen molar-refractivity contribution in [2.24, 2.45) is 0 Å². The fourth-order valence-corrected chi connectivity index (χ4v) is 2.63. The Hall–Kier alpha value is -3.87. The van der Waals surface area contributed by atoms with Crippen LogP contribution in [0.3, 0.4) is 0 Å². The lowest BCUT2D eigenvalue weighted by molar-refractivity contribution is -0.121. The number of carbonyl (C=O) groups is 2. The molecule has 2 amide bonds. The van der Waals surface area contributed by atoms with E-state index in [4.69, 9.17) is 9.47 Å². The SMILES string of the molecule is O=C(Cc1ccc(F)cc1)NNC(=O)c1ccccc1OCCOc1ccccc1. The van der Waals surface area contributed by atoms with Crippen LogP contribution in [0.15, 0.2) is 78.9 Å². The highest BCUT2D eigenvalue weighted by Gasteiger charge is 2.13. The molecule has 0 unspecified atom stereocenters. The topological polar surface area (TPSA) is 76.7 Å². The molecule has 3 aromatic carbocycles. The van der Waals surface area contributed by atoms with E-state index in [1.54, 1.807) is 24.3 Å². The second kappa shape index (κ2) is 10.6. The molecule has 0 bridgehead atoms. The largest absolute Gasteiger partial charge is 0.490 e. The quantitative estimate of drug-likeness (QED) is 0.443. The van der Waals surface area contributed by atoms with Crippen LogP contribution in [0.5, 0.6) is 11.5 Å². The average Bonchev–Trinajstić information content (AvgIpc) is 2.78. The van der Waals surface area contributed by atoms with Gasteiger partial charge >= 0.3 is 0 Å². The Morgan fingerprint density at radius 2 is 1.43 bits per heavy atom. The van der Waals surface area contributed by atoms with Gasteiger partial charge in [0, 0.05) is 0 Å². The first-order chi connectivity index (χ1) is 14.6. The average molecular weight is 408 g/mol. The van der Waals surface area contributed by atoms with Crippen LogP contribution >= 0.6 is 0 Å². The molecule has 30 heavy (non-hydrogen) atoms. The maximum Gasteiger partial charge on any atom is 0.273 e. The van der Waals surface area contributed by atoms with Gasteiger partial charge < -0.3 is 9.47 Å². The smallest absolute Gasteiger partial charge is 0.273 e. The summed E-state index contributed by atoms with van der Waals surface area (Å²) < 4.78 is 24.1. The molecule has 0 aliphatic carbocycles. The Balaban J connectivity index is 1.48. The molecule has 154 valence electrons. The molecule has 0 atom stereocenters. The van der Waals surface area contributed by atoms with Gasteiger partial charge in [0.1, 0.15) is 30.5 Å². The first-order valence-electron chi connectivity index (χ1n) is 9.35. The molecule has 0 aliphatic heterocycles. The predicted octanol–water partition coefficient (Wildman–Crippen LogP) is 3.29. The van der Waals surface area contributed by atoms with Gasteiger partial charge in [-0.3, -0.25) is 20.4 Å². The van der Waals surface area contributed by atoms with Crippen molar-refractivity contribution < 1.29 is 23.5 Å². The van der Waals surface area contributed by atoms with E-state index in [9.17, 15) is 14.0 Å². The predicted molar refractivity (Wildman–Crippen MR) is 110 cm³/mol. The van der Waals surface area contributed by atoms with E-state index < -0.39 is 11.8 Å². The molecule has 7 heteroatoms. The zero-order valence-corrected chi connectivity index (χ0v) is 16.1. The number of carbonyl (C=O) groups excluding carboxylic acids is 2. The number of hydrogen-bond acceptors (Lipinski definition) is 4. The fraction of sp³-hybridized carbons (Fsp3) is 0.130. The number of benzene rings is 3. The molecule has 0 spiro atoms. The molecule has 0 radical (unpaired) electrons. The van der Waals surface area contributed by atoms with Gasteiger partial charge in [-0.1, -0.05) is 42.5 Å². The van der Waals surface area contributed by atoms with Crippen LogP contribution in [0.25, 0.3) is 0 Å². The number of para-hydroxylation sites is 2. The van der Waals surface area contributed by atoms with Crippen molar-refractivity contribution in [3.63, 3.8) is 0 Å². The van der Waals surface area contributed by atoms with Crippen molar-refractivity contribution in [2.45, 2.75) is 6.42 Å². The first kappa shape index (κ1) is 20.9. The third-order valence-electron chi connectivity index (χ3n) is 4.08. The first-order valence-corrected chi connectivity index (χ1v) is 9.35. The molecule has 0 aromatic heterocycles. The van der Waals surface area contributed by atoms with E-state index in [0.29, 0.717) is 17.9 Å². The second-order valence-corrected chi connectivity index (χ2v) is 6.31. The molecule has 3 aromatic rings. The van der Waals surface area contributed by atoms with Crippen LogP contribution in [0.1, 0.15) is 15.9 Å². The van der Waals surface area contributed by atoms with E-state index >= 15 is 0 Å². The zero-order valence-electron chi connectivity index (χ0n) is 16.1. The summed E-state index contributed by atoms with van der Waals surface area (Å²) in [6.07, 6.45) is 0.00946. The van der Waals surface area contributed by atoms with Gasteiger partial charge in [0.2, 0.25) is 5.91 Å². The van der Waals surface area contributed by atoms with Gasteiger partial charge in [0.05, 0.1) is 12.0 Å². The zero-order chi connectivity index (χ0) is 21.2. The molecule has 0 saturated carbocycles. The Kier molecular flexibility index (Phi) is 7.38. The van der Waals surface area contributed by atoms with Crippen LogP contribution in [0.4, 0.5) is 4.39 Å². The lowest BCUT2D eigenvalue weighted by Crippen LogP contribution is -2.42. The van der Waals surface area contributed by atoms with Crippen LogP contribution in [-0.2, 0) is 11.2 Å². The number of ether oxygens (including phenoxy) is 2. The fourth-order valence-electron chi connectivity index (χ4n) is 2.63. The van der Waals surface area contributed by atoms with E-state index in [0.717, 1.165) is 5.75 Å². The van der Waals surface area contributed by atoms with Crippen molar-refractivity contribution in [3.05, 3.63) is 95.8 Å². The van der Waals surface area contributed by atoms with E-state index in [-0.39, 0.29) is 24.4 Å². The number of halogens is 1. The molecular formula is C23H21FN2O4. The van der Waals surface area contributed by atoms with Crippen molar-refractivity contribution in [1.82, 2.24) is 10.9 Å². The van der Waals surface area contributed by atoms with Gasteiger partial charge in [-0.15, -0.1) is 0 Å². The Morgan fingerprint density at radius 3 is 2.20 bits per heavy atom. The summed E-state index contributed by atoms with van der Waals surface area (Å²) in [6.45, 7) is 0.560. The van der Waals surface area contributed by atoms with Gasteiger partial charge in [-0.05, 0) is 42.0 Å². The molecular weight excluding hydrogens is 387 g/mol. The summed E-state index contributed by atoms with van der Waals surface area (Å²) >= 11 is 0. The van der Waals surface area contributed by atoms with E-state index in [2.05, 4.69) is 10.9 Å². The number of nitrogens with one attached hydrogen (secondary N) is 2. The summed E-state index contributed by atoms with van der Waals surface area (Å²) in [5, 5.41) is 0. The molecule has 3 rings (SSSR count). The Morgan fingerprint density at radius 1 is 0.767 bits per heavy atom. The second-order valence-electron chi connectivity index (χ2n) is 6.31. The molecule has 2 N–H and O–H groups in total. The number of rotatable bonds is 8. The molecule has 0 saturated heterocycles. The lowest BCUT2D eigenvalue weighted by Gasteiger charge is -2.13. The van der Waals surface area contributed by atoms with E-state index in [1.807, 2.05) is 30.3 Å². The minimum absolute atomic E-state index is 0.00946. The summed E-state index contributed by atoms with van der Waals surface area (Å²) in [7, 11) is 0. The highest BCUT2D eigenvalue weighted by Crippen LogP contribution is 2.18. The van der Waals surface area contributed by atoms with Crippen molar-refractivity contribution in [2.75, 3.05) is 13.2 Å². The Bertz CT molecular complexity index is 978. The summed E-state index contributed by atoms with van der Waals surface area (Å²) in [5.74, 6) is -0.208. The van der Waals surface area contributed by atoms with Crippen LogP contribution in [0, 0.1) is 5.82 Å². The van der Waals surface area contributed by atoms with Crippen molar-refractivity contribution in [1.29, 1.82) is 0 Å². The number of hydrazine groups is 1. The van der Waals surface area contributed by atoms with Gasteiger partial charge in [0.15, 0.2) is 0 Å². The third-order valence-corrected chi connectivity index (χ3v) is 4.08. The highest BCUT2D eigenvalue weighted by molar-refractivity contribution is 5.97. The summed E-state index contributed by atoms with van der Waals surface area (Å²) in [6, 6.07) is 21.6. The van der Waals surface area contributed by atoms with Crippen LogP contribution < -0.4 is 20.3 Å². The van der Waals surface area contributed by atoms with Crippen molar-refractivity contribution >= 4 is 11.8 Å². The monoisotopic (exact) mass is 408 g/mol. The minimum atomic E-state index is -0.512. The summed E-state index contributed by atoms with van der Waals surface area (Å²) in [5.41, 5.74) is 5.62. The standard InChI is InChI=1S/C23H21FN2O4/c24-18-12-10-17(11-13-18)16-22(27)25-26-23(28)20-8-4-5-9-21(20)30-15-14-29-19-6-2-1-3-7-19/h1-13H,14-16H2,(H,25,27)(H,26,28). The third kappa shape index (κ3) is 6.34. The van der Waals surface area contributed by atoms with Gasteiger partial charge in [-0.25, -0.2) is 4.39 Å². The molecule has 0 fully saturated rings. The number of hydrogen-bond donors (Lipinski definition) is 2. The molecule has 0 heterocycles. The maximum absolute atomic E-state index is 12.9. The van der Waals surface area contributed by atoms with Crippen LogP contribution in [-0.4, -0.2) is 25.0 Å². The summed E-state index contributed by atoms with van der Waals surface area (Å²) in [4.78, 5) is 24.4. The number of amides is 2. The van der Waals surface area contributed by atoms with Crippen molar-refractivity contribution in [3.8, 4) is 11.5 Å². The Labute approximate surface area is 173 Å². The molecule has 6 nitrogen and oxygen atoms in total.